The number of amides is 1. The Bertz CT molecular complexity index is 829. The van der Waals surface area contributed by atoms with Crippen LogP contribution in [0.1, 0.15) is 17.2 Å². The molecule has 23 heavy (non-hydrogen) atoms. The van der Waals surface area contributed by atoms with E-state index in [-0.39, 0.29) is 11.5 Å². The first kappa shape index (κ1) is 14.2. The van der Waals surface area contributed by atoms with Crippen molar-refractivity contribution in [2.45, 2.75) is 11.7 Å². The molecule has 1 N–H and O–H groups in total. The number of ether oxygens (including phenoxy) is 1. The normalized spacial score (nSPS) is 27.5. The van der Waals surface area contributed by atoms with Gasteiger partial charge in [-0.05, 0) is 29.3 Å². The molecule has 2 unspecified atom stereocenters. The van der Waals surface area contributed by atoms with E-state index < -0.39 is 17.6 Å². The summed E-state index contributed by atoms with van der Waals surface area (Å²) in [6.07, 6.45) is 1.10. The summed E-state index contributed by atoms with van der Waals surface area (Å²) in [4.78, 5) is 24.9. The van der Waals surface area contributed by atoms with Gasteiger partial charge in [0.05, 0.1) is 5.70 Å². The molecule has 0 aromatic heterocycles. The van der Waals surface area contributed by atoms with Crippen LogP contribution in [-0.2, 0) is 14.3 Å². The number of epoxide rings is 1. The van der Waals surface area contributed by atoms with E-state index in [1.54, 1.807) is 30.3 Å². The highest BCUT2D eigenvalue weighted by Gasteiger charge is 2.72. The Hall–Kier alpha value is -2.43. The minimum absolute atomic E-state index is 0.262. The molecule has 2 aromatic carbocycles. The zero-order valence-electron chi connectivity index (χ0n) is 12.0. The zero-order chi connectivity index (χ0) is 16.0. The van der Waals surface area contributed by atoms with Crippen molar-refractivity contribution in [3.8, 4) is 0 Å². The minimum Gasteiger partial charge on any atom is -0.343 e. The fourth-order valence-corrected chi connectivity index (χ4v) is 2.96. The maximum atomic E-state index is 12.7. The molecule has 2 fully saturated rings. The number of nitrogens with one attached hydrogen (secondary N) is 1. The first-order valence-corrected chi connectivity index (χ1v) is 7.55. The Morgan fingerprint density at radius 1 is 1.04 bits per heavy atom. The van der Waals surface area contributed by atoms with Crippen LogP contribution in [0, 0.1) is 0 Å². The summed E-state index contributed by atoms with van der Waals surface area (Å²) < 4.78 is 5.54. The lowest BCUT2D eigenvalue weighted by atomic mass is 9.96. The lowest BCUT2D eigenvalue weighted by Crippen LogP contribution is -2.30. The van der Waals surface area contributed by atoms with E-state index >= 15 is 0 Å². The van der Waals surface area contributed by atoms with E-state index in [1.165, 1.54) is 0 Å². The van der Waals surface area contributed by atoms with Crippen LogP contribution in [0.3, 0.4) is 0 Å². The van der Waals surface area contributed by atoms with Gasteiger partial charge in [0, 0.05) is 5.02 Å². The molecule has 2 aliphatic rings. The summed E-state index contributed by atoms with van der Waals surface area (Å²) in [6.45, 7) is 0. The molecule has 2 aliphatic heterocycles. The van der Waals surface area contributed by atoms with Crippen molar-refractivity contribution in [3.05, 3.63) is 76.4 Å². The number of benzene rings is 2. The van der Waals surface area contributed by atoms with Crippen molar-refractivity contribution >= 4 is 29.4 Å². The fraction of sp³-hybridized carbons (Fsp3) is 0.111. The number of hydrogen-bond donors (Lipinski definition) is 1. The van der Waals surface area contributed by atoms with Crippen LogP contribution < -0.4 is 5.32 Å². The minimum atomic E-state index is -1.42. The average molecular weight is 326 g/mol. The number of hydrogen-bond acceptors (Lipinski definition) is 3. The molecule has 2 atom stereocenters. The molecule has 2 aromatic rings. The standard InChI is InChI=1S/C18H12ClNO3/c19-13-8-6-12(7-9-13)16-18(23-16)15(21)14(20-17(18)22)10-11-4-2-1-3-5-11/h1-10,16H,(H,20,22)/b14-10+. The predicted octanol–water partition coefficient (Wildman–Crippen LogP) is 2.89. The average Bonchev–Trinajstić information content (AvgIpc) is 3.27. The summed E-state index contributed by atoms with van der Waals surface area (Å²) in [5.41, 5.74) is 0.447. The van der Waals surface area contributed by atoms with Gasteiger partial charge in [-0.3, -0.25) is 9.59 Å². The smallest absolute Gasteiger partial charge is 0.268 e. The van der Waals surface area contributed by atoms with Crippen LogP contribution in [0.4, 0.5) is 0 Å². The van der Waals surface area contributed by atoms with Gasteiger partial charge in [-0.25, -0.2) is 0 Å². The molecule has 0 radical (unpaired) electrons. The molecule has 4 nitrogen and oxygen atoms in total. The highest BCUT2D eigenvalue weighted by atomic mass is 35.5. The van der Waals surface area contributed by atoms with E-state index in [2.05, 4.69) is 5.32 Å². The summed E-state index contributed by atoms with van der Waals surface area (Å²) in [5.74, 6) is -0.740. The molecule has 1 spiro atoms. The van der Waals surface area contributed by atoms with Crippen molar-refractivity contribution in [2.24, 2.45) is 0 Å². The van der Waals surface area contributed by atoms with E-state index in [0.29, 0.717) is 5.02 Å². The van der Waals surface area contributed by atoms with E-state index in [9.17, 15) is 9.59 Å². The molecular weight excluding hydrogens is 314 g/mol. The fourth-order valence-electron chi connectivity index (χ4n) is 2.83. The molecule has 4 rings (SSSR count). The Morgan fingerprint density at radius 3 is 2.43 bits per heavy atom. The number of halogens is 1. The first-order valence-electron chi connectivity index (χ1n) is 7.17. The quantitative estimate of drug-likeness (QED) is 0.525. The van der Waals surface area contributed by atoms with E-state index in [0.717, 1.165) is 11.1 Å². The molecule has 2 heterocycles. The maximum Gasteiger partial charge on any atom is 0.268 e. The second kappa shape index (κ2) is 5.05. The third-order valence-corrected chi connectivity index (χ3v) is 4.32. The van der Waals surface area contributed by atoms with Crippen LogP contribution in [-0.4, -0.2) is 17.3 Å². The van der Waals surface area contributed by atoms with Crippen LogP contribution in [0.2, 0.25) is 5.02 Å². The van der Waals surface area contributed by atoms with Crippen molar-refractivity contribution in [1.82, 2.24) is 5.32 Å². The van der Waals surface area contributed by atoms with Gasteiger partial charge in [0.1, 0.15) is 6.10 Å². The molecule has 0 bridgehead atoms. The summed E-state index contributed by atoms with van der Waals surface area (Å²) in [7, 11) is 0. The lowest BCUT2D eigenvalue weighted by molar-refractivity contribution is -0.128. The van der Waals surface area contributed by atoms with Gasteiger partial charge in [-0.15, -0.1) is 0 Å². The van der Waals surface area contributed by atoms with Crippen LogP contribution >= 0.6 is 11.6 Å². The maximum absolute atomic E-state index is 12.7. The molecule has 1 amide bonds. The zero-order valence-corrected chi connectivity index (χ0v) is 12.7. The SMILES string of the molecule is O=C1N/C(=C/c2ccccc2)C(=O)C12OC2c1ccc(Cl)cc1. The van der Waals surface area contributed by atoms with Gasteiger partial charge in [-0.1, -0.05) is 54.1 Å². The summed E-state index contributed by atoms with van der Waals surface area (Å²) in [5, 5.41) is 3.23. The first-order chi connectivity index (χ1) is 11.1. The molecule has 0 saturated carbocycles. The third-order valence-electron chi connectivity index (χ3n) is 4.07. The van der Waals surface area contributed by atoms with Crippen LogP contribution in [0.15, 0.2) is 60.3 Å². The second-order valence-electron chi connectivity index (χ2n) is 5.54. The Balaban J connectivity index is 1.65. The largest absolute Gasteiger partial charge is 0.343 e. The van der Waals surface area contributed by atoms with E-state index in [4.69, 9.17) is 16.3 Å². The van der Waals surface area contributed by atoms with Crippen molar-refractivity contribution in [2.75, 3.05) is 0 Å². The Labute approximate surface area is 137 Å². The highest BCUT2D eigenvalue weighted by molar-refractivity contribution is 6.30. The summed E-state index contributed by atoms with van der Waals surface area (Å²) >= 11 is 5.86. The van der Waals surface area contributed by atoms with Gasteiger partial charge in [-0.2, -0.15) is 0 Å². The highest BCUT2D eigenvalue weighted by Crippen LogP contribution is 2.54. The van der Waals surface area contributed by atoms with Crippen LogP contribution in [0.25, 0.3) is 6.08 Å². The number of ketones is 1. The topological polar surface area (TPSA) is 58.7 Å². The number of Topliss-reactive ketones (excluding diaryl/α,β-unsaturated/α-hetero) is 1. The van der Waals surface area contributed by atoms with Crippen molar-refractivity contribution in [3.63, 3.8) is 0 Å². The number of rotatable bonds is 2. The van der Waals surface area contributed by atoms with Gasteiger partial charge < -0.3 is 10.1 Å². The van der Waals surface area contributed by atoms with Gasteiger partial charge >= 0.3 is 0 Å². The lowest BCUT2D eigenvalue weighted by Gasteiger charge is -1.99. The van der Waals surface area contributed by atoms with Crippen LogP contribution in [0.5, 0.6) is 0 Å². The van der Waals surface area contributed by atoms with Gasteiger partial charge in [0.2, 0.25) is 11.4 Å². The molecular formula is C18H12ClNO3. The number of carbonyl (C=O) groups excluding carboxylic acids is 2. The molecule has 114 valence electrons. The second-order valence-corrected chi connectivity index (χ2v) is 5.97. The predicted molar refractivity (Wildman–Crippen MR) is 85.6 cm³/mol. The summed E-state index contributed by atoms with van der Waals surface area (Å²) in [6, 6.07) is 16.3. The monoisotopic (exact) mass is 325 g/mol. The van der Waals surface area contributed by atoms with E-state index in [1.807, 2.05) is 30.3 Å². The molecule has 0 aliphatic carbocycles. The van der Waals surface area contributed by atoms with Gasteiger partial charge in [0.15, 0.2) is 0 Å². The Kier molecular flexibility index (Phi) is 3.11. The van der Waals surface area contributed by atoms with Gasteiger partial charge in [0.25, 0.3) is 5.91 Å². The van der Waals surface area contributed by atoms with Crippen molar-refractivity contribution in [1.29, 1.82) is 0 Å². The molecule has 2 saturated heterocycles. The third kappa shape index (κ3) is 2.19. The number of carbonyl (C=O) groups is 2. The molecule has 5 heteroatoms. The Morgan fingerprint density at radius 2 is 1.74 bits per heavy atom. The van der Waals surface area contributed by atoms with Crippen molar-refractivity contribution < 1.29 is 14.3 Å².